The van der Waals surface area contributed by atoms with Gasteiger partial charge in [-0.05, 0) is 58.4 Å². The van der Waals surface area contributed by atoms with Crippen molar-refractivity contribution >= 4 is 11.6 Å². The molecule has 0 atom stereocenters. The van der Waals surface area contributed by atoms with Crippen molar-refractivity contribution in [2.24, 2.45) is 0 Å². The summed E-state index contributed by atoms with van der Waals surface area (Å²) in [6.45, 7) is 4.52. The van der Waals surface area contributed by atoms with Crippen LogP contribution in [-0.4, -0.2) is 11.6 Å². The number of ketones is 2. The van der Waals surface area contributed by atoms with Crippen molar-refractivity contribution in [2.75, 3.05) is 0 Å². The highest BCUT2D eigenvalue weighted by atomic mass is 16.1. The van der Waals surface area contributed by atoms with E-state index in [-0.39, 0.29) is 17.0 Å². The molecule has 2 heteroatoms. The number of carbonyl (C=O) groups is 2. The first-order chi connectivity index (χ1) is 21.1. The van der Waals surface area contributed by atoms with Crippen LogP contribution in [0.25, 0.3) is 11.1 Å². The summed E-state index contributed by atoms with van der Waals surface area (Å²) in [5.41, 5.74) is 8.55. The first-order valence-electron chi connectivity index (χ1n) is 16.5. The molecule has 0 spiro atoms. The molecule has 4 aromatic rings. The minimum atomic E-state index is -0.182. The largest absolute Gasteiger partial charge is 0.294 e. The standard InChI is InChI=1S/C41H46O2/c1-3-5-7-15-25-41(26-16-8-6-4-2)37-29-33(39(42)27-31-17-11-9-12-18-31)21-23-35(37)36-24-22-34(30-38(36)41)40(43)28-32-19-13-10-14-20-32/h9-14,17-24,29-30H,3-8,15-16,25-28H2,1-2H3. The monoisotopic (exact) mass is 570 g/mol. The molecule has 0 aromatic heterocycles. The Labute approximate surface area is 258 Å². The van der Waals surface area contributed by atoms with Gasteiger partial charge in [-0.15, -0.1) is 0 Å². The van der Waals surface area contributed by atoms with E-state index in [0.717, 1.165) is 47.9 Å². The van der Waals surface area contributed by atoms with E-state index in [4.69, 9.17) is 0 Å². The molecule has 0 heterocycles. The van der Waals surface area contributed by atoms with Gasteiger partial charge in [-0.3, -0.25) is 9.59 Å². The van der Waals surface area contributed by atoms with E-state index in [1.54, 1.807) is 0 Å². The first-order valence-corrected chi connectivity index (χ1v) is 16.5. The summed E-state index contributed by atoms with van der Waals surface area (Å²) in [5, 5.41) is 0. The second kappa shape index (κ2) is 14.6. The number of hydrogen-bond donors (Lipinski definition) is 0. The summed E-state index contributed by atoms with van der Waals surface area (Å²) in [6.07, 6.45) is 12.5. The average molecular weight is 571 g/mol. The summed E-state index contributed by atoms with van der Waals surface area (Å²) in [4.78, 5) is 27.1. The Hall–Kier alpha value is -3.78. The molecule has 43 heavy (non-hydrogen) atoms. The van der Waals surface area contributed by atoms with Crippen LogP contribution in [0, 0.1) is 0 Å². The molecule has 1 aliphatic carbocycles. The zero-order valence-corrected chi connectivity index (χ0v) is 26.0. The van der Waals surface area contributed by atoms with Crippen molar-refractivity contribution in [1.82, 2.24) is 0 Å². The highest BCUT2D eigenvalue weighted by Crippen LogP contribution is 2.54. The van der Waals surface area contributed by atoms with Crippen LogP contribution in [0.15, 0.2) is 97.1 Å². The fraction of sp³-hybridized carbons (Fsp3) is 0.366. The molecule has 0 bridgehead atoms. The third-order valence-corrected chi connectivity index (χ3v) is 9.33. The topological polar surface area (TPSA) is 34.1 Å². The van der Waals surface area contributed by atoms with Crippen molar-refractivity contribution in [1.29, 1.82) is 0 Å². The Morgan fingerprint density at radius 2 is 0.930 bits per heavy atom. The van der Waals surface area contributed by atoms with E-state index < -0.39 is 0 Å². The fourth-order valence-corrected chi connectivity index (χ4v) is 6.98. The minimum Gasteiger partial charge on any atom is -0.294 e. The smallest absolute Gasteiger partial charge is 0.167 e. The van der Waals surface area contributed by atoms with E-state index in [9.17, 15) is 9.59 Å². The summed E-state index contributed by atoms with van der Waals surface area (Å²) in [6, 6.07) is 32.9. The second-order valence-electron chi connectivity index (χ2n) is 12.4. The molecular weight excluding hydrogens is 524 g/mol. The normalized spacial score (nSPS) is 13.0. The van der Waals surface area contributed by atoms with Gasteiger partial charge in [0.2, 0.25) is 0 Å². The van der Waals surface area contributed by atoms with Gasteiger partial charge in [-0.1, -0.05) is 150 Å². The molecule has 4 aromatic carbocycles. The van der Waals surface area contributed by atoms with Crippen LogP contribution in [0.4, 0.5) is 0 Å². The van der Waals surface area contributed by atoms with Crippen LogP contribution >= 0.6 is 0 Å². The number of fused-ring (bicyclic) bond motifs is 3. The van der Waals surface area contributed by atoms with Crippen molar-refractivity contribution in [3.8, 4) is 11.1 Å². The minimum absolute atomic E-state index is 0.162. The van der Waals surface area contributed by atoms with Gasteiger partial charge in [-0.2, -0.15) is 0 Å². The fourth-order valence-electron chi connectivity index (χ4n) is 6.98. The summed E-state index contributed by atoms with van der Waals surface area (Å²) < 4.78 is 0. The predicted octanol–water partition coefficient (Wildman–Crippen LogP) is 10.7. The highest BCUT2D eigenvalue weighted by molar-refractivity contribution is 6.01. The quantitative estimate of drug-likeness (QED) is 0.0992. The van der Waals surface area contributed by atoms with Crippen molar-refractivity contribution < 1.29 is 9.59 Å². The zero-order chi connectivity index (χ0) is 30.1. The first kappa shape index (κ1) is 30.7. The molecule has 0 radical (unpaired) electrons. The van der Waals surface area contributed by atoms with Gasteiger partial charge in [0.25, 0.3) is 0 Å². The number of hydrogen-bond acceptors (Lipinski definition) is 2. The maximum atomic E-state index is 13.6. The number of benzene rings is 4. The molecule has 222 valence electrons. The van der Waals surface area contributed by atoms with Crippen molar-refractivity contribution in [2.45, 2.75) is 96.3 Å². The lowest BCUT2D eigenvalue weighted by molar-refractivity contribution is 0.0985. The van der Waals surface area contributed by atoms with Crippen LogP contribution < -0.4 is 0 Å². The molecule has 0 aliphatic heterocycles. The zero-order valence-electron chi connectivity index (χ0n) is 26.0. The van der Waals surface area contributed by atoms with Gasteiger partial charge in [0, 0.05) is 29.4 Å². The predicted molar refractivity (Wildman–Crippen MR) is 179 cm³/mol. The van der Waals surface area contributed by atoms with Gasteiger partial charge < -0.3 is 0 Å². The Kier molecular flexibility index (Phi) is 10.4. The summed E-state index contributed by atoms with van der Waals surface area (Å²) in [7, 11) is 0. The van der Waals surface area contributed by atoms with E-state index in [1.165, 1.54) is 60.8 Å². The Bertz CT molecular complexity index is 1400. The molecule has 0 saturated heterocycles. The van der Waals surface area contributed by atoms with Crippen LogP contribution in [0.3, 0.4) is 0 Å². The van der Waals surface area contributed by atoms with Crippen LogP contribution in [0.5, 0.6) is 0 Å². The van der Waals surface area contributed by atoms with Gasteiger partial charge in [-0.25, -0.2) is 0 Å². The molecule has 1 aliphatic rings. The van der Waals surface area contributed by atoms with Gasteiger partial charge in [0.15, 0.2) is 11.6 Å². The summed E-state index contributed by atoms with van der Waals surface area (Å²) in [5.74, 6) is 0.323. The van der Waals surface area contributed by atoms with Crippen LogP contribution in [0.1, 0.15) is 121 Å². The van der Waals surface area contributed by atoms with Crippen LogP contribution in [0.2, 0.25) is 0 Å². The Balaban J connectivity index is 1.56. The number of rotatable bonds is 16. The average Bonchev–Trinajstić information content (AvgIpc) is 3.31. The number of unbranched alkanes of at least 4 members (excludes halogenated alkanes) is 6. The molecule has 5 rings (SSSR count). The lowest BCUT2D eigenvalue weighted by Gasteiger charge is -2.33. The Morgan fingerprint density at radius 1 is 0.512 bits per heavy atom. The third-order valence-electron chi connectivity index (χ3n) is 9.33. The van der Waals surface area contributed by atoms with E-state index in [1.807, 2.05) is 72.8 Å². The van der Waals surface area contributed by atoms with E-state index in [2.05, 4.69) is 38.1 Å². The number of Topliss-reactive ketones (excluding diaryl/α,β-unsaturated/α-hetero) is 2. The molecule has 2 nitrogen and oxygen atoms in total. The lowest BCUT2D eigenvalue weighted by Crippen LogP contribution is -2.26. The number of carbonyl (C=O) groups excluding carboxylic acids is 2. The molecule has 0 unspecified atom stereocenters. The highest BCUT2D eigenvalue weighted by Gasteiger charge is 2.43. The summed E-state index contributed by atoms with van der Waals surface area (Å²) >= 11 is 0. The van der Waals surface area contributed by atoms with Gasteiger partial charge >= 0.3 is 0 Å². The second-order valence-corrected chi connectivity index (χ2v) is 12.4. The van der Waals surface area contributed by atoms with Gasteiger partial charge in [0.1, 0.15) is 0 Å². The lowest BCUT2D eigenvalue weighted by atomic mass is 9.70. The Morgan fingerprint density at radius 3 is 1.33 bits per heavy atom. The molecule has 0 amide bonds. The van der Waals surface area contributed by atoms with Crippen LogP contribution in [-0.2, 0) is 18.3 Å². The molecule has 0 saturated carbocycles. The van der Waals surface area contributed by atoms with Gasteiger partial charge in [0.05, 0.1) is 0 Å². The van der Waals surface area contributed by atoms with E-state index >= 15 is 0 Å². The molecule has 0 fully saturated rings. The molecular formula is C41H46O2. The maximum Gasteiger partial charge on any atom is 0.167 e. The van der Waals surface area contributed by atoms with E-state index in [0.29, 0.717) is 12.8 Å². The SMILES string of the molecule is CCCCCCC1(CCCCCC)c2cc(C(=O)Cc3ccccc3)ccc2-c2ccc(C(=O)Cc3ccccc3)cc21. The van der Waals surface area contributed by atoms with Crippen molar-refractivity contribution in [3.05, 3.63) is 130 Å². The van der Waals surface area contributed by atoms with Crippen molar-refractivity contribution in [3.63, 3.8) is 0 Å². The molecule has 0 N–H and O–H groups in total. The third kappa shape index (κ3) is 7.07. The maximum absolute atomic E-state index is 13.6.